The number of aryl methyl sites for hydroxylation is 1. The fraction of sp³-hybridized carbons (Fsp3) is 0.429. The van der Waals surface area contributed by atoms with Crippen molar-refractivity contribution in [2.75, 3.05) is 0 Å². The fourth-order valence-corrected chi connectivity index (χ4v) is 1.68. The van der Waals surface area contributed by atoms with Crippen LogP contribution in [0.15, 0.2) is 18.2 Å². The highest BCUT2D eigenvalue weighted by Crippen LogP contribution is 2.16. The molecule has 0 aromatic heterocycles. The number of carboxylic acids is 1. The summed E-state index contributed by atoms with van der Waals surface area (Å²) in [7, 11) is 0. The zero-order valence-corrected chi connectivity index (χ0v) is 11.3. The summed E-state index contributed by atoms with van der Waals surface area (Å²) in [5.74, 6) is -2.00. The van der Waals surface area contributed by atoms with E-state index >= 15 is 0 Å². The Morgan fingerprint density at radius 3 is 2.58 bits per heavy atom. The molecule has 1 amide bonds. The second-order valence-corrected chi connectivity index (χ2v) is 5.17. The van der Waals surface area contributed by atoms with Crippen molar-refractivity contribution in [2.45, 2.75) is 39.2 Å². The standard InChI is InChI=1S/C14H18FNO3/c1-9-5-4-6-10(12(9)15)13(19)16-14(2,3)8-7-11(17)18/h4-6H,7-8H2,1-3H3,(H,16,19)(H,17,18). The van der Waals surface area contributed by atoms with Gasteiger partial charge in [0.1, 0.15) is 5.82 Å². The van der Waals surface area contributed by atoms with Gasteiger partial charge >= 0.3 is 5.97 Å². The molecule has 2 N–H and O–H groups in total. The first kappa shape index (κ1) is 15.1. The molecule has 0 saturated carbocycles. The monoisotopic (exact) mass is 267 g/mol. The highest BCUT2D eigenvalue weighted by molar-refractivity contribution is 5.95. The Kier molecular flexibility index (Phi) is 4.64. The average Bonchev–Trinajstić information content (AvgIpc) is 2.29. The van der Waals surface area contributed by atoms with E-state index in [1.165, 1.54) is 6.07 Å². The number of rotatable bonds is 5. The van der Waals surface area contributed by atoms with E-state index in [9.17, 15) is 14.0 Å². The van der Waals surface area contributed by atoms with Crippen molar-refractivity contribution < 1.29 is 19.1 Å². The maximum atomic E-state index is 13.8. The average molecular weight is 267 g/mol. The Morgan fingerprint density at radius 2 is 2.00 bits per heavy atom. The molecular formula is C14H18FNO3. The van der Waals surface area contributed by atoms with Gasteiger partial charge in [-0.25, -0.2) is 4.39 Å². The minimum absolute atomic E-state index is 0.0246. The molecule has 0 saturated heterocycles. The normalized spacial score (nSPS) is 11.2. The molecule has 0 unspecified atom stereocenters. The lowest BCUT2D eigenvalue weighted by Crippen LogP contribution is -2.44. The number of aliphatic carboxylic acids is 1. The first-order valence-corrected chi connectivity index (χ1v) is 6.02. The van der Waals surface area contributed by atoms with E-state index < -0.39 is 23.2 Å². The van der Waals surface area contributed by atoms with E-state index in [1.54, 1.807) is 32.9 Å². The third kappa shape index (κ3) is 4.35. The van der Waals surface area contributed by atoms with Gasteiger partial charge in [0, 0.05) is 12.0 Å². The van der Waals surface area contributed by atoms with Gasteiger partial charge in [-0.05, 0) is 38.8 Å². The Hall–Kier alpha value is -1.91. The number of carbonyl (C=O) groups excluding carboxylic acids is 1. The molecule has 0 aliphatic carbocycles. The van der Waals surface area contributed by atoms with Crippen LogP contribution in [0.25, 0.3) is 0 Å². The summed E-state index contributed by atoms with van der Waals surface area (Å²) in [5, 5.41) is 11.3. The van der Waals surface area contributed by atoms with Gasteiger partial charge in [-0.3, -0.25) is 9.59 Å². The molecule has 0 radical (unpaired) electrons. The van der Waals surface area contributed by atoms with Crippen molar-refractivity contribution in [1.29, 1.82) is 0 Å². The minimum atomic E-state index is -0.927. The van der Waals surface area contributed by atoms with E-state index in [0.717, 1.165) is 0 Å². The molecule has 0 heterocycles. The Morgan fingerprint density at radius 1 is 1.37 bits per heavy atom. The van der Waals surface area contributed by atoms with Crippen LogP contribution < -0.4 is 5.32 Å². The third-order valence-electron chi connectivity index (χ3n) is 2.85. The molecule has 0 aliphatic heterocycles. The molecule has 1 aromatic carbocycles. The maximum absolute atomic E-state index is 13.8. The van der Waals surface area contributed by atoms with Gasteiger partial charge in [0.15, 0.2) is 0 Å². The van der Waals surface area contributed by atoms with E-state index in [0.29, 0.717) is 5.56 Å². The number of carbonyl (C=O) groups is 2. The zero-order chi connectivity index (χ0) is 14.6. The van der Waals surface area contributed by atoms with Crippen molar-refractivity contribution in [3.8, 4) is 0 Å². The van der Waals surface area contributed by atoms with Crippen LogP contribution in [-0.2, 0) is 4.79 Å². The molecule has 0 fully saturated rings. The second kappa shape index (κ2) is 5.82. The summed E-state index contributed by atoms with van der Waals surface area (Å²) in [6, 6.07) is 4.60. The Bertz CT molecular complexity index is 497. The highest BCUT2D eigenvalue weighted by atomic mass is 19.1. The summed E-state index contributed by atoms with van der Waals surface area (Å²) in [6.45, 7) is 5.00. The number of carboxylic acid groups (broad SMARTS) is 1. The zero-order valence-electron chi connectivity index (χ0n) is 11.3. The van der Waals surface area contributed by atoms with E-state index in [-0.39, 0.29) is 18.4 Å². The largest absolute Gasteiger partial charge is 0.481 e. The second-order valence-electron chi connectivity index (χ2n) is 5.17. The van der Waals surface area contributed by atoms with Gasteiger partial charge < -0.3 is 10.4 Å². The van der Waals surface area contributed by atoms with Gasteiger partial charge in [0.05, 0.1) is 5.56 Å². The van der Waals surface area contributed by atoms with Gasteiger partial charge in [-0.2, -0.15) is 0 Å². The molecule has 5 heteroatoms. The molecule has 4 nitrogen and oxygen atoms in total. The molecule has 0 atom stereocenters. The molecule has 19 heavy (non-hydrogen) atoms. The molecular weight excluding hydrogens is 249 g/mol. The van der Waals surface area contributed by atoms with E-state index in [1.807, 2.05) is 0 Å². The van der Waals surface area contributed by atoms with Crippen LogP contribution in [0.3, 0.4) is 0 Å². The van der Waals surface area contributed by atoms with Gasteiger partial charge in [-0.15, -0.1) is 0 Å². The van der Waals surface area contributed by atoms with Crippen molar-refractivity contribution in [1.82, 2.24) is 5.32 Å². The van der Waals surface area contributed by atoms with Gasteiger partial charge in [0.25, 0.3) is 5.91 Å². The molecule has 1 aromatic rings. The summed E-state index contributed by atoms with van der Waals surface area (Å²) in [6.07, 6.45) is 0.227. The van der Waals surface area contributed by atoms with Crippen molar-refractivity contribution in [2.24, 2.45) is 0 Å². The summed E-state index contributed by atoms with van der Waals surface area (Å²) < 4.78 is 13.8. The van der Waals surface area contributed by atoms with Crippen molar-refractivity contribution in [3.63, 3.8) is 0 Å². The predicted octanol–water partition coefficient (Wildman–Crippen LogP) is 2.51. The van der Waals surface area contributed by atoms with E-state index in [2.05, 4.69) is 5.32 Å². The Balaban J connectivity index is 2.79. The SMILES string of the molecule is Cc1cccc(C(=O)NC(C)(C)CCC(=O)O)c1F. The van der Waals surface area contributed by atoms with Gasteiger partial charge in [0.2, 0.25) is 0 Å². The maximum Gasteiger partial charge on any atom is 0.303 e. The number of hydrogen-bond donors (Lipinski definition) is 2. The number of nitrogens with one attached hydrogen (secondary N) is 1. The summed E-state index contributed by atoms with van der Waals surface area (Å²) >= 11 is 0. The highest BCUT2D eigenvalue weighted by Gasteiger charge is 2.23. The number of amides is 1. The van der Waals surface area contributed by atoms with Crippen LogP contribution in [0.4, 0.5) is 4.39 Å². The van der Waals surface area contributed by atoms with Crippen LogP contribution in [-0.4, -0.2) is 22.5 Å². The predicted molar refractivity (Wildman–Crippen MR) is 69.6 cm³/mol. The third-order valence-corrected chi connectivity index (χ3v) is 2.85. The van der Waals surface area contributed by atoms with E-state index in [4.69, 9.17) is 5.11 Å². The smallest absolute Gasteiger partial charge is 0.303 e. The first-order chi connectivity index (χ1) is 8.73. The molecule has 1 rings (SSSR count). The van der Waals surface area contributed by atoms with Crippen LogP contribution in [0, 0.1) is 12.7 Å². The number of benzene rings is 1. The lowest BCUT2D eigenvalue weighted by Gasteiger charge is -2.25. The van der Waals surface area contributed by atoms with Crippen molar-refractivity contribution in [3.05, 3.63) is 35.1 Å². The van der Waals surface area contributed by atoms with Crippen LogP contribution in [0.1, 0.15) is 42.6 Å². The fourth-order valence-electron chi connectivity index (χ4n) is 1.68. The molecule has 0 aliphatic rings. The quantitative estimate of drug-likeness (QED) is 0.861. The topological polar surface area (TPSA) is 66.4 Å². The van der Waals surface area contributed by atoms with Gasteiger partial charge in [-0.1, -0.05) is 12.1 Å². The molecule has 0 spiro atoms. The summed E-state index contributed by atoms with van der Waals surface area (Å²) in [5.41, 5.74) is -0.328. The van der Waals surface area contributed by atoms with Crippen molar-refractivity contribution >= 4 is 11.9 Å². The molecule has 0 bridgehead atoms. The van der Waals surface area contributed by atoms with Crippen LogP contribution in [0.2, 0.25) is 0 Å². The number of halogens is 1. The lowest BCUT2D eigenvalue weighted by molar-refractivity contribution is -0.137. The molecule has 104 valence electrons. The lowest BCUT2D eigenvalue weighted by atomic mass is 9.97. The summed E-state index contributed by atoms with van der Waals surface area (Å²) in [4.78, 5) is 22.5. The minimum Gasteiger partial charge on any atom is -0.481 e. The Labute approximate surface area is 111 Å². The van der Waals surface area contributed by atoms with Crippen LogP contribution >= 0.6 is 0 Å². The van der Waals surface area contributed by atoms with Crippen LogP contribution in [0.5, 0.6) is 0 Å². The number of hydrogen-bond acceptors (Lipinski definition) is 2. The first-order valence-electron chi connectivity index (χ1n) is 6.02.